The maximum atomic E-state index is 12.1. The van der Waals surface area contributed by atoms with Gasteiger partial charge in [0.05, 0.1) is 5.00 Å². The van der Waals surface area contributed by atoms with Crippen molar-refractivity contribution >= 4 is 44.1 Å². The number of thiophene rings is 1. The summed E-state index contributed by atoms with van der Waals surface area (Å²) in [7, 11) is 0. The fourth-order valence-corrected chi connectivity index (χ4v) is 2.80. The molecular formula is C13H10BrNO3S. The fraction of sp³-hybridized carbons (Fsp3) is 0.0769. The topological polar surface area (TPSA) is 66.4 Å². The zero-order valence-electron chi connectivity index (χ0n) is 9.94. The average molecular weight is 340 g/mol. The quantitative estimate of drug-likeness (QED) is 0.894. The summed E-state index contributed by atoms with van der Waals surface area (Å²) in [5.74, 6) is -1.24. The second kappa shape index (κ2) is 5.54. The van der Waals surface area contributed by atoms with E-state index in [0.29, 0.717) is 10.6 Å². The number of carboxylic acid groups (broad SMARTS) is 1. The third-order valence-electron chi connectivity index (χ3n) is 2.49. The molecule has 2 rings (SSSR count). The Balaban J connectivity index is 2.18. The molecule has 0 aliphatic rings. The lowest BCUT2D eigenvalue weighted by Crippen LogP contribution is -2.12. The van der Waals surface area contributed by atoms with Gasteiger partial charge in [0.1, 0.15) is 4.88 Å². The molecule has 0 spiro atoms. The van der Waals surface area contributed by atoms with Crippen LogP contribution in [0.25, 0.3) is 0 Å². The van der Waals surface area contributed by atoms with Crippen molar-refractivity contribution in [3.8, 4) is 0 Å². The van der Waals surface area contributed by atoms with E-state index < -0.39 is 5.97 Å². The van der Waals surface area contributed by atoms with E-state index in [2.05, 4.69) is 21.2 Å². The Bertz CT molecular complexity index is 651. The number of benzene rings is 1. The molecule has 1 aromatic carbocycles. The Hall–Kier alpha value is -1.66. The molecular weight excluding hydrogens is 330 g/mol. The Kier molecular flexibility index (Phi) is 4.01. The van der Waals surface area contributed by atoms with Crippen LogP contribution in [0.2, 0.25) is 0 Å². The lowest BCUT2D eigenvalue weighted by molar-refractivity contribution is 0.0702. The summed E-state index contributed by atoms with van der Waals surface area (Å²) in [4.78, 5) is 23.0. The first-order valence-corrected chi connectivity index (χ1v) is 6.99. The lowest BCUT2D eigenvalue weighted by atomic mass is 10.1. The summed E-state index contributed by atoms with van der Waals surface area (Å²) in [6, 6.07) is 8.42. The molecule has 1 amide bonds. The number of aryl methyl sites for hydroxylation is 1. The summed E-state index contributed by atoms with van der Waals surface area (Å²) >= 11 is 4.37. The third kappa shape index (κ3) is 3.21. The zero-order chi connectivity index (χ0) is 14.0. The van der Waals surface area contributed by atoms with Gasteiger partial charge in [-0.3, -0.25) is 4.79 Å². The molecule has 1 aromatic heterocycles. The Morgan fingerprint density at radius 1 is 1.26 bits per heavy atom. The van der Waals surface area contributed by atoms with Gasteiger partial charge < -0.3 is 10.4 Å². The second-order valence-corrected chi connectivity index (χ2v) is 5.88. The van der Waals surface area contributed by atoms with E-state index in [-0.39, 0.29) is 10.8 Å². The number of carboxylic acids is 1. The second-order valence-electron chi connectivity index (χ2n) is 3.88. The van der Waals surface area contributed by atoms with Crippen LogP contribution in [-0.2, 0) is 0 Å². The number of carbonyl (C=O) groups is 2. The zero-order valence-corrected chi connectivity index (χ0v) is 12.3. The first-order valence-electron chi connectivity index (χ1n) is 5.38. The van der Waals surface area contributed by atoms with Crippen LogP contribution in [0.5, 0.6) is 0 Å². The minimum Gasteiger partial charge on any atom is -0.477 e. The van der Waals surface area contributed by atoms with Crippen LogP contribution >= 0.6 is 27.3 Å². The number of amides is 1. The van der Waals surface area contributed by atoms with E-state index in [4.69, 9.17) is 5.11 Å². The first kappa shape index (κ1) is 13.8. The highest BCUT2D eigenvalue weighted by molar-refractivity contribution is 9.10. The molecule has 0 saturated carbocycles. The highest BCUT2D eigenvalue weighted by atomic mass is 79.9. The normalized spacial score (nSPS) is 10.2. The molecule has 1 heterocycles. The summed E-state index contributed by atoms with van der Waals surface area (Å²) < 4.78 is 0.908. The van der Waals surface area contributed by atoms with Gasteiger partial charge in [-0.05, 0) is 42.8 Å². The van der Waals surface area contributed by atoms with Crippen molar-refractivity contribution in [3.05, 3.63) is 50.8 Å². The van der Waals surface area contributed by atoms with Crippen LogP contribution < -0.4 is 5.32 Å². The number of rotatable bonds is 3. The molecule has 2 N–H and O–H groups in total. The maximum Gasteiger partial charge on any atom is 0.345 e. The highest BCUT2D eigenvalue weighted by Gasteiger charge is 2.12. The molecule has 0 saturated heterocycles. The molecule has 0 aliphatic carbocycles. The smallest absolute Gasteiger partial charge is 0.345 e. The Labute approximate surface area is 122 Å². The number of nitrogens with one attached hydrogen (secondary N) is 1. The minimum absolute atomic E-state index is 0.197. The van der Waals surface area contributed by atoms with Crippen molar-refractivity contribution in [2.45, 2.75) is 6.92 Å². The summed E-state index contributed by atoms with van der Waals surface area (Å²) in [5.41, 5.74) is 1.41. The van der Waals surface area contributed by atoms with Gasteiger partial charge in [-0.2, -0.15) is 0 Å². The SMILES string of the molecule is Cc1cc(Br)ccc1C(=O)Nc1ccc(C(=O)O)s1. The van der Waals surface area contributed by atoms with Crippen molar-refractivity contribution in [1.82, 2.24) is 0 Å². The highest BCUT2D eigenvalue weighted by Crippen LogP contribution is 2.23. The molecule has 0 bridgehead atoms. The van der Waals surface area contributed by atoms with Crippen molar-refractivity contribution < 1.29 is 14.7 Å². The van der Waals surface area contributed by atoms with Crippen molar-refractivity contribution in [1.29, 1.82) is 0 Å². The molecule has 0 atom stereocenters. The van der Waals surface area contributed by atoms with Gasteiger partial charge in [-0.15, -0.1) is 11.3 Å². The van der Waals surface area contributed by atoms with Crippen LogP contribution in [0.1, 0.15) is 25.6 Å². The van der Waals surface area contributed by atoms with Crippen LogP contribution in [0.3, 0.4) is 0 Å². The van der Waals surface area contributed by atoms with Gasteiger partial charge in [-0.1, -0.05) is 15.9 Å². The standard InChI is InChI=1S/C13H10BrNO3S/c1-7-6-8(14)2-3-9(7)12(16)15-11-5-4-10(19-11)13(17)18/h2-6H,1H3,(H,15,16)(H,17,18). The number of aromatic carboxylic acids is 1. The Morgan fingerprint density at radius 3 is 2.58 bits per heavy atom. The molecule has 0 radical (unpaired) electrons. The van der Waals surface area contributed by atoms with E-state index in [0.717, 1.165) is 21.4 Å². The molecule has 2 aromatic rings. The molecule has 0 unspecified atom stereocenters. The van der Waals surface area contributed by atoms with E-state index in [1.807, 2.05) is 13.0 Å². The minimum atomic E-state index is -0.995. The predicted molar refractivity (Wildman–Crippen MR) is 78.1 cm³/mol. The molecule has 19 heavy (non-hydrogen) atoms. The fourth-order valence-electron chi connectivity index (χ4n) is 1.58. The molecule has 0 fully saturated rings. The third-order valence-corrected chi connectivity index (χ3v) is 3.97. The van der Waals surface area contributed by atoms with Gasteiger partial charge in [-0.25, -0.2) is 4.79 Å². The van der Waals surface area contributed by atoms with Crippen LogP contribution in [0.15, 0.2) is 34.8 Å². The van der Waals surface area contributed by atoms with E-state index in [9.17, 15) is 9.59 Å². The maximum absolute atomic E-state index is 12.1. The van der Waals surface area contributed by atoms with Gasteiger partial charge in [0.25, 0.3) is 5.91 Å². The lowest BCUT2D eigenvalue weighted by Gasteiger charge is -2.06. The van der Waals surface area contributed by atoms with Crippen molar-refractivity contribution in [3.63, 3.8) is 0 Å². The van der Waals surface area contributed by atoms with E-state index >= 15 is 0 Å². The first-order chi connectivity index (χ1) is 8.97. The van der Waals surface area contributed by atoms with Gasteiger partial charge >= 0.3 is 5.97 Å². The van der Waals surface area contributed by atoms with Gasteiger partial charge in [0.15, 0.2) is 0 Å². The monoisotopic (exact) mass is 339 g/mol. The largest absolute Gasteiger partial charge is 0.477 e. The molecule has 98 valence electrons. The summed E-state index contributed by atoms with van der Waals surface area (Å²) in [5, 5.41) is 12.0. The predicted octanol–water partition coefficient (Wildman–Crippen LogP) is 3.77. The van der Waals surface area contributed by atoms with E-state index in [1.54, 1.807) is 18.2 Å². The van der Waals surface area contributed by atoms with Gasteiger partial charge in [0, 0.05) is 10.0 Å². The summed E-state index contributed by atoms with van der Waals surface area (Å²) in [6.07, 6.45) is 0. The van der Waals surface area contributed by atoms with E-state index in [1.165, 1.54) is 6.07 Å². The van der Waals surface area contributed by atoms with Gasteiger partial charge in [0.2, 0.25) is 0 Å². The number of anilines is 1. The number of hydrogen-bond acceptors (Lipinski definition) is 3. The molecule has 0 aliphatic heterocycles. The van der Waals surface area contributed by atoms with Crippen LogP contribution in [0.4, 0.5) is 5.00 Å². The number of halogens is 1. The molecule has 6 heteroatoms. The van der Waals surface area contributed by atoms with Crippen LogP contribution in [-0.4, -0.2) is 17.0 Å². The number of hydrogen-bond donors (Lipinski definition) is 2. The number of carbonyl (C=O) groups excluding carboxylic acids is 1. The molecule has 4 nitrogen and oxygen atoms in total. The van der Waals surface area contributed by atoms with Crippen molar-refractivity contribution in [2.24, 2.45) is 0 Å². The van der Waals surface area contributed by atoms with Crippen molar-refractivity contribution in [2.75, 3.05) is 5.32 Å². The Morgan fingerprint density at radius 2 is 2.00 bits per heavy atom. The average Bonchev–Trinajstić information content (AvgIpc) is 2.77. The summed E-state index contributed by atoms with van der Waals surface area (Å²) in [6.45, 7) is 1.84. The van der Waals surface area contributed by atoms with Crippen LogP contribution in [0, 0.1) is 6.92 Å².